The van der Waals surface area contributed by atoms with Crippen molar-refractivity contribution in [2.24, 2.45) is 0 Å². The Hall–Kier alpha value is -3.30. The lowest BCUT2D eigenvalue weighted by atomic mass is 10.0. The van der Waals surface area contributed by atoms with Crippen LogP contribution in [0.15, 0.2) is 43.0 Å². The predicted octanol–water partition coefficient (Wildman–Crippen LogP) is 2.92. The average Bonchev–Trinajstić information content (AvgIpc) is 3.51. The van der Waals surface area contributed by atoms with Crippen LogP contribution in [0.3, 0.4) is 0 Å². The maximum absolute atomic E-state index is 14.2. The van der Waals surface area contributed by atoms with Crippen LogP contribution < -0.4 is 9.64 Å². The fraction of sp³-hybridized carbons (Fsp3) is 0.400. The number of anilines is 1. The molecule has 2 aliphatic rings. The van der Waals surface area contributed by atoms with E-state index in [2.05, 4.69) is 38.0 Å². The van der Waals surface area contributed by atoms with Gasteiger partial charge < -0.3 is 14.5 Å². The van der Waals surface area contributed by atoms with Gasteiger partial charge in [-0.3, -0.25) is 9.88 Å². The standard InChI is InChI=1S/C25H28FN7O/c1-30-7-9-31(10-8-30)17-4-6-32(15-17)18-13-28-25-21(14-29-33(25)16-18)19-3-5-27-23-12-22(26)24(34-2)11-20(19)23/h3,5,11-14,16-17H,4,6-10,15H2,1-2H3. The lowest BCUT2D eigenvalue weighted by Gasteiger charge is -2.36. The zero-order valence-corrected chi connectivity index (χ0v) is 19.5. The topological polar surface area (TPSA) is 62.0 Å². The van der Waals surface area contributed by atoms with Crippen molar-refractivity contribution < 1.29 is 9.13 Å². The molecule has 6 rings (SSSR count). The molecule has 34 heavy (non-hydrogen) atoms. The minimum Gasteiger partial charge on any atom is -0.494 e. The summed E-state index contributed by atoms with van der Waals surface area (Å²) < 4.78 is 21.2. The molecular formula is C25H28FN7O. The number of hydrogen-bond donors (Lipinski definition) is 0. The number of ether oxygens (including phenoxy) is 1. The normalized spacial score (nSPS) is 20.0. The maximum atomic E-state index is 14.2. The summed E-state index contributed by atoms with van der Waals surface area (Å²) in [6, 6.07) is 5.59. The van der Waals surface area contributed by atoms with Crippen LogP contribution in [0.4, 0.5) is 10.1 Å². The molecule has 3 aromatic heterocycles. The molecule has 2 fully saturated rings. The molecule has 1 atom stereocenters. The molecule has 0 bridgehead atoms. The van der Waals surface area contributed by atoms with Crippen molar-refractivity contribution in [3.63, 3.8) is 0 Å². The van der Waals surface area contributed by atoms with Crippen LogP contribution in [-0.4, -0.2) is 88.8 Å². The van der Waals surface area contributed by atoms with Gasteiger partial charge in [0, 0.05) is 68.5 Å². The van der Waals surface area contributed by atoms with Crippen molar-refractivity contribution in [2.75, 3.05) is 58.3 Å². The van der Waals surface area contributed by atoms with E-state index in [-0.39, 0.29) is 5.75 Å². The van der Waals surface area contributed by atoms with Crippen LogP contribution in [0.25, 0.3) is 27.7 Å². The van der Waals surface area contributed by atoms with Crippen molar-refractivity contribution >= 4 is 22.2 Å². The first-order valence-corrected chi connectivity index (χ1v) is 11.7. The molecule has 0 radical (unpaired) electrons. The van der Waals surface area contributed by atoms with Crippen LogP contribution in [0, 0.1) is 5.82 Å². The lowest BCUT2D eigenvalue weighted by molar-refractivity contribution is 0.120. The van der Waals surface area contributed by atoms with Gasteiger partial charge in [0.25, 0.3) is 0 Å². The van der Waals surface area contributed by atoms with E-state index in [4.69, 9.17) is 9.72 Å². The molecule has 2 saturated heterocycles. The van der Waals surface area contributed by atoms with E-state index in [1.54, 1.807) is 12.3 Å². The number of fused-ring (bicyclic) bond motifs is 2. The van der Waals surface area contributed by atoms with Gasteiger partial charge >= 0.3 is 0 Å². The van der Waals surface area contributed by atoms with Crippen molar-refractivity contribution in [3.05, 3.63) is 48.8 Å². The summed E-state index contributed by atoms with van der Waals surface area (Å²) in [6.45, 7) is 6.61. The molecular weight excluding hydrogens is 433 g/mol. The van der Waals surface area contributed by atoms with Gasteiger partial charge in [0.05, 0.1) is 36.9 Å². The first-order valence-electron chi connectivity index (χ1n) is 11.7. The number of hydrogen-bond acceptors (Lipinski definition) is 7. The second-order valence-corrected chi connectivity index (χ2v) is 9.23. The number of piperazine rings is 1. The molecule has 8 nitrogen and oxygen atoms in total. The molecule has 0 amide bonds. The largest absolute Gasteiger partial charge is 0.494 e. The Kier molecular flexibility index (Phi) is 5.30. The molecule has 2 aliphatic heterocycles. The second kappa shape index (κ2) is 8.48. The first-order chi connectivity index (χ1) is 16.6. The third-order valence-corrected chi connectivity index (χ3v) is 7.23. The second-order valence-electron chi connectivity index (χ2n) is 9.23. The number of pyridine rings is 1. The average molecular weight is 462 g/mol. The molecule has 0 aliphatic carbocycles. The summed E-state index contributed by atoms with van der Waals surface area (Å²) >= 11 is 0. The van der Waals surface area contributed by atoms with Gasteiger partial charge in [-0.05, 0) is 31.2 Å². The summed E-state index contributed by atoms with van der Waals surface area (Å²) in [5.74, 6) is -0.236. The Morgan fingerprint density at radius 2 is 1.88 bits per heavy atom. The SMILES string of the molecule is COc1cc2c(-c3cnn4cc(N5CCC(N6CCN(C)CC6)C5)cnc34)ccnc2cc1F. The minimum absolute atomic E-state index is 0.192. The van der Waals surface area contributed by atoms with Crippen LogP contribution in [0.1, 0.15) is 6.42 Å². The van der Waals surface area contributed by atoms with Crippen molar-refractivity contribution in [2.45, 2.75) is 12.5 Å². The summed E-state index contributed by atoms with van der Waals surface area (Å²) in [7, 11) is 3.66. The number of methoxy groups -OCH3 is 1. The van der Waals surface area contributed by atoms with E-state index in [1.165, 1.54) is 19.6 Å². The number of nitrogens with zero attached hydrogens (tertiary/aromatic N) is 7. The molecule has 1 unspecified atom stereocenters. The molecule has 9 heteroatoms. The van der Waals surface area contributed by atoms with Crippen molar-refractivity contribution in [3.8, 4) is 16.9 Å². The van der Waals surface area contributed by atoms with Gasteiger partial charge in [0.2, 0.25) is 0 Å². The third kappa shape index (κ3) is 3.65. The molecule has 5 heterocycles. The minimum atomic E-state index is -0.428. The van der Waals surface area contributed by atoms with E-state index in [9.17, 15) is 4.39 Å². The van der Waals surface area contributed by atoms with E-state index >= 15 is 0 Å². The Labute approximate surface area is 197 Å². The summed E-state index contributed by atoms with van der Waals surface area (Å²) in [5.41, 5.74) is 4.19. The fourth-order valence-corrected chi connectivity index (χ4v) is 5.22. The molecule has 0 saturated carbocycles. The number of aromatic nitrogens is 4. The monoisotopic (exact) mass is 461 g/mol. The fourth-order valence-electron chi connectivity index (χ4n) is 5.22. The van der Waals surface area contributed by atoms with Crippen LogP contribution in [0.2, 0.25) is 0 Å². The Bertz CT molecular complexity index is 1350. The summed E-state index contributed by atoms with van der Waals surface area (Å²) in [4.78, 5) is 16.6. The number of halogens is 1. The molecule has 4 aromatic rings. The molecule has 176 valence electrons. The zero-order valence-electron chi connectivity index (χ0n) is 19.5. The van der Waals surface area contributed by atoms with Crippen LogP contribution in [-0.2, 0) is 0 Å². The highest BCUT2D eigenvalue weighted by molar-refractivity contribution is 5.98. The highest BCUT2D eigenvalue weighted by atomic mass is 19.1. The molecule has 1 aromatic carbocycles. The zero-order chi connectivity index (χ0) is 23.2. The Morgan fingerprint density at radius 3 is 2.71 bits per heavy atom. The van der Waals surface area contributed by atoms with E-state index in [0.717, 1.165) is 67.1 Å². The maximum Gasteiger partial charge on any atom is 0.167 e. The smallest absolute Gasteiger partial charge is 0.167 e. The van der Waals surface area contributed by atoms with Gasteiger partial charge in [-0.2, -0.15) is 5.10 Å². The van der Waals surface area contributed by atoms with Gasteiger partial charge in [-0.1, -0.05) is 0 Å². The summed E-state index contributed by atoms with van der Waals surface area (Å²) in [5, 5.41) is 5.40. The van der Waals surface area contributed by atoms with E-state index < -0.39 is 5.82 Å². The van der Waals surface area contributed by atoms with Gasteiger partial charge in [-0.15, -0.1) is 0 Å². The lowest BCUT2D eigenvalue weighted by Crippen LogP contribution is -2.49. The quantitative estimate of drug-likeness (QED) is 0.463. The van der Waals surface area contributed by atoms with E-state index in [0.29, 0.717) is 11.6 Å². The first kappa shape index (κ1) is 21.2. The van der Waals surface area contributed by atoms with Gasteiger partial charge in [0.15, 0.2) is 17.2 Å². The number of likely N-dealkylation sites (N-methyl/N-ethyl adjacent to an activating group) is 1. The Balaban J connectivity index is 1.29. The predicted molar refractivity (Wildman–Crippen MR) is 130 cm³/mol. The number of benzene rings is 1. The van der Waals surface area contributed by atoms with E-state index in [1.807, 2.05) is 23.0 Å². The summed E-state index contributed by atoms with van der Waals surface area (Å²) in [6.07, 6.45) is 8.67. The van der Waals surface area contributed by atoms with Crippen LogP contribution >= 0.6 is 0 Å². The number of rotatable bonds is 4. The van der Waals surface area contributed by atoms with Gasteiger partial charge in [0.1, 0.15) is 0 Å². The Morgan fingerprint density at radius 1 is 1.03 bits per heavy atom. The highest BCUT2D eigenvalue weighted by Gasteiger charge is 2.30. The van der Waals surface area contributed by atoms with Gasteiger partial charge in [-0.25, -0.2) is 13.9 Å². The molecule has 0 spiro atoms. The highest BCUT2D eigenvalue weighted by Crippen LogP contribution is 2.34. The molecule has 0 N–H and O–H groups in total. The third-order valence-electron chi connectivity index (χ3n) is 7.23. The van der Waals surface area contributed by atoms with Crippen molar-refractivity contribution in [1.29, 1.82) is 0 Å². The van der Waals surface area contributed by atoms with Crippen molar-refractivity contribution in [1.82, 2.24) is 29.4 Å². The van der Waals surface area contributed by atoms with Crippen LogP contribution in [0.5, 0.6) is 5.75 Å².